The Morgan fingerprint density at radius 3 is 2.68 bits per heavy atom. The molecule has 0 bridgehead atoms. The van der Waals surface area contributed by atoms with Crippen molar-refractivity contribution in [3.63, 3.8) is 0 Å². The summed E-state index contributed by atoms with van der Waals surface area (Å²) in [5.74, 6) is -0.200. The van der Waals surface area contributed by atoms with E-state index in [0.29, 0.717) is 11.3 Å². The lowest BCUT2D eigenvalue weighted by Crippen LogP contribution is -2.07. The number of hydrogen-bond acceptors (Lipinski definition) is 3. The Balaban J connectivity index is 1.97. The van der Waals surface area contributed by atoms with Gasteiger partial charge in [-0.3, -0.25) is 4.79 Å². The van der Waals surface area contributed by atoms with E-state index in [1.165, 1.54) is 6.08 Å². The fraction of sp³-hybridized carbons (Fsp3) is 0. The summed E-state index contributed by atoms with van der Waals surface area (Å²) in [6.45, 7) is 0. The first-order valence-corrected chi connectivity index (χ1v) is 7.08. The number of rotatable bonds is 3. The topological polar surface area (TPSA) is 52.9 Å². The van der Waals surface area contributed by atoms with Crippen molar-refractivity contribution in [3.8, 4) is 6.07 Å². The highest BCUT2D eigenvalue weighted by Crippen LogP contribution is 2.20. The molecule has 19 heavy (non-hydrogen) atoms. The minimum atomic E-state index is -0.200. The van der Waals surface area contributed by atoms with E-state index in [9.17, 15) is 4.79 Å². The van der Waals surface area contributed by atoms with Gasteiger partial charge in [-0.25, -0.2) is 0 Å². The molecular weight excluding hydrogens is 324 g/mol. The number of nitriles is 1. The predicted octanol–water partition coefficient (Wildman–Crippen LogP) is 4.03. The lowest BCUT2D eigenvalue weighted by molar-refractivity contribution is -0.111. The number of benzene rings is 1. The molecule has 0 spiro atoms. The number of carbonyl (C=O) groups is 1. The largest absolute Gasteiger partial charge is 0.323 e. The normalized spacial score (nSPS) is 10.3. The van der Waals surface area contributed by atoms with Gasteiger partial charge in [0.15, 0.2) is 0 Å². The molecule has 0 aliphatic rings. The zero-order valence-electron chi connectivity index (χ0n) is 9.76. The van der Waals surface area contributed by atoms with Gasteiger partial charge in [0, 0.05) is 26.5 Å². The minimum absolute atomic E-state index is 0.200. The summed E-state index contributed by atoms with van der Waals surface area (Å²) in [7, 11) is 0. The second-order valence-corrected chi connectivity index (χ2v) is 5.54. The third-order valence-corrected chi connectivity index (χ3v) is 3.93. The summed E-state index contributed by atoms with van der Waals surface area (Å²) in [6.07, 6.45) is 3.24. The highest BCUT2D eigenvalue weighted by molar-refractivity contribution is 9.10. The summed E-state index contributed by atoms with van der Waals surface area (Å²) in [6, 6.07) is 10.7. The second kappa shape index (κ2) is 6.32. The summed E-state index contributed by atoms with van der Waals surface area (Å²) < 4.78 is 1.00. The van der Waals surface area contributed by atoms with Crippen LogP contribution in [0.2, 0.25) is 0 Å². The molecule has 1 aromatic heterocycles. The maximum absolute atomic E-state index is 11.7. The van der Waals surface area contributed by atoms with E-state index in [2.05, 4.69) is 21.2 Å². The van der Waals surface area contributed by atoms with Crippen molar-refractivity contribution in [2.75, 3.05) is 5.32 Å². The van der Waals surface area contributed by atoms with Gasteiger partial charge >= 0.3 is 0 Å². The summed E-state index contributed by atoms with van der Waals surface area (Å²) in [5, 5.41) is 13.4. The number of halogens is 1. The first-order chi connectivity index (χ1) is 9.17. The monoisotopic (exact) mass is 332 g/mol. The van der Waals surface area contributed by atoms with Crippen LogP contribution in [0.25, 0.3) is 6.08 Å². The molecule has 0 fully saturated rings. The smallest absolute Gasteiger partial charge is 0.248 e. The first-order valence-electron chi connectivity index (χ1n) is 5.40. The predicted molar refractivity (Wildman–Crippen MR) is 80.8 cm³/mol. The van der Waals surface area contributed by atoms with Crippen molar-refractivity contribution in [2.45, 2.75) is 0 Å². The summed E-state index contributed by atoms with van der Waals surface area (Å²) in [5.41, 5.74) is 1.23. The van der Waals surface area contributed by atoms with Gasteiger partial charge < -0.3 is 5.32 Å². The van der Waals surface area contributed by atoms with Crippen LogP contribution in [-0.2, 0) is 4.79 Å². The molecule has 1 N–H and O–H groups in total. The van der Waals surface area contributed by atoms with E-state index in [1.54, 1.807) is 41.7 Å². The molecule has 0 aliphatic carbocycles. The van der Waals surface area contributed by atoms with Gasteiger partial charge in [0.1, 0.15) is 0 Å². The Morgan fingerprint density at radius 1 is 1.37 bits per heavy atom. The Kier molecular flexibility index (Phi) is 4.50. The van der Waals surface area contributed by atoms with Crippen LogP contribution < -0.4 is 5.32 Å². The Labute approximate surface area is 123 Å². The molecule has 0 saturated heterocycles. The molecular formula is C14H9BrN2OS. The van der Waals surface area contributed by atoms with Crippen LogP contribution in [-0.4, -0.2) is 5.91 Å². The zero-order chi connectivity index (χ0) is 13.7. The highest BCUT2D eigenvalue weighted by Gasteiger charge is 1.99. The second-order valence-electron chi connectivity index (χ2n) is 3.68. The van der Waals surface area contributed by atoms with Crippen molar-refractivity contribution in [1.82, 2.24) is 0 Å². The van der Waals surface area contributed by atoms with Crippen molar-refractivity contribution in [3.05, 3.63) is 56.7 Å². The summed E-state index contributed by atoms with van der Waals surface area (Å²) >= 11 is 4.91. The minimum Gasteiger partial charge on any atom is -0.323 e. The molecule has 1 heterocycles. The van der Waals surface area contributed by atoms with E-state index in [4.69, 9.17) is 5.26 Å². The third kappa shape index (κ3) is 4.05. The van der Waals surface area contributed by atoms with Gasteiger partial charge in [0.2, 0.25) is 5.91 Å². The first kappa shape index (κ1) is 13.5. The maximum atomic E-state index is 11.7. The number of thiophene rings is 1. The standard InChI is InChI=1S/C14H9BrN2OS/c15-11-7-13(19-9-11)5-6-14(18)17-12-3-1-10(8-16)2-4-12/h1-7,9H,(H,17,18). The Hall–Kier alpha value is -1.90. The molecule has 94 valence electrons. The Bertz CT molecular complexity index is 653. The van der Waals surface area contributed by atoms with Gasteiger partial charge in [-0.2, -0.15) is 5.26 Å². The lowest BCUT2D eigenvalue weighted by Gasteiger charge is -2.01. The van der Waals surface area contributed by atoms with Gasteiger partial charge in [-0.15, -0.1) is 11.3 Å². The van der Waals surface area contributed by atoms with E-state index >= 15 is 0 Å². The average molecular weight is 333 g/mol. The number of amides is 1. The lowest BCUT2D eigenvalue weighted by atomic mass is 10.2. The number of hydrogen-bond donors (Lipinski definition) is 1. The number of anilines is 1. The van der Waals surface area contributed by atoms with Gasteiger partial charge in [-0.05, 0) is 52.3 Å². The zero-order valence-corrected chi connectivity index (χ0v) is 12.2. The maximum Gasteiger partial charge on any atom is 0.248 e. The molecule has 2 rings (SSSR count). The molecule has 1 amide bonds. The van der Waals surface area contributed by atoms with Crippen LogP contribution in [0, 0.1) is 11.3 Å². The van der Waals surface area contributed by atoms with Crippen molar-refractivity contribution in [2.24, 2.45) is 0 Å². The van der Waals surface area contributed by atoms with Crippen LogP contribution in [0.3, 0.4) is 0 Å². The van der Waals surface area contributed by atoms with Crippen LogP contribution in [0.1, 0.15) is 10.4 Å². The van der Waals surface area contributed by atoms with Crippen molar-refractivity contribution >= 4 is 44.9 Å². The number of nitrogens with one attached hydrogen (secondary N) is 1. The van der Waals surface area contributed by atoms with Crippen LogP contribution in [0.5, 0.6) is 0 Å². The van der Waals surface area contributed by atoms with Crippen LogP contribution >= 0.6 is 27.3 Å². The molecule has 0 radical (unpaired) electrons. The Morgan fingerprint density at radius 2 is 2.11 bits per heavy atom. The molecule has 0 unspecified atom stereocenters. The molecule has 0 atom stereocenters. The van der Waals surface area contributed by atoms with E-state index in [-0.39, 0.29) is 5.91 Å². The highest BCUT2D eigenvalue weighted by atomic mass is 79.9. The molecule has 1 aromatic carbocycles. The fourth-order valence-electron chi connectivity index (χ4n) is 1.39. The van der Waals surface area contributed by atoms with Crippen LogP contribution in [0.4, 0.5) is 5.69 Å². The molecule has 2 aromatic rings. The molecule has 0 saturated carbocycles. The van der Waals surface area contributed by atoms with Crippen molar-refractivity contribution < 1.29 is 4.79 Å². The molecule has 0 aliphatic heterocycles. The van der Waals surface area contributed by atoms with E-state index in [1.807, 2.05) is 17.5 Å². The average Bonchev–Trinajstić information content (AvgIpc) is 2.83. The molecule has 5 heteroatoms. The fourth-order valence-corrected chi connectivity index (χ4v) is 2.72. The van der Waals surface area contributed by atoms with Gasteiger partial charge in [0.25, 0.3) is 0 Å². The van der Waals surface area contributed by atoms with Crippen LogP contribution in [0.15, 0.2) is 46.3 Å². The van der Waals surface area contributed by atoms with E-state index < -0.39 is 0 Å². The third-order valence-electron chi connectivity index (χ3n) is 2.27. The number of nitrogens with zero attached hydrogens (tertiary/aromatic N) is 1. The summed E-state index contributed by atoms with van der Waals surface area (Å²) in [4.78, 5) is 12.7. The molecule has 3 nitrogen and oxygen atoms in total. The van der Waals surface area contributed by atoms with Crippen molar-refractivity contribution in [1.29, 1.82) is 5.26 Å². The van der Waals surface area contributed by atoms with Gasteiger partial charge in [-0.1, -0.05) is 0 Å². The van der Waals surface area contributed by atoms with E-state index in [0.717, 1.165) is 9.35 Å². The quantitative estimate of drug-likeness (QED) is 0.862. The number of carbonyl (C=O) groups excluding carboxylic acids is 1. The van der Waals surface area contributed by atoms with Gasteiger partial charge in [0.05, 0.1) is 11.6 Å². The SMILES string of the molecule is N#Cc1ccc(NC(=O)C=Cc2cc(Br)cs2)cc1.